The molecule has 0 saturated carbocycles. The molecule has 122 valence electrons. The molecule has 0 fully saturated rings. The van der Waals surface area contributed by atoms with E-state index in [0.29, 0.717) is 22.7 Å². The average molecular weight is 360 g/mol. The number of aromatic nitrogens is 2. The number of nitrogens with one attached hydrogen (secondary N) is 2. The Bertz CT molecular complexity index is 812. The molecule has 0 unspecified atom stereocenters. The van der Waals surface area contributed by atoms with Gasteiger partial charge in [0.2, 0.25) is 0 Å². The number of aromatic amines is 2. The minimum absolute atomic E-state index is 0.141. The summed E-state index contributed by atoms with van der Waals surface area (Å²) in [6.07, 6.45) is 1.25. The fraction of sp³-hybridized carbons (Fsp3) is 0.0909. The first-order valence-corrected chi connectivity index (χ1v) is 8.57. The molecule has 0 spiro atoms. The molecule has 0 radical (unpaired) electrons. The third-order valence-corrected chi connectivity index (χ3v) is 4.75. The highest BCUT2D eigenvalue weighted by molar-refractivity contribution is 8.45. The standard InChI is InChI=1S/C11H9F5N2O2S2/c12-22(13,14,15,16)9-3-1-8(2-4-9)21-6-7-5-17-10(19)11(20)18-7/h1-5H,6H2,(H,17,19)(H,18,20). The molecular weight excluding hydrogens is 351 g/mol. The van der Waals surface area contributed by atoms with Gasteiger partial charge in [0.15, 0.2) is 0 Å². The molecule has 2 N–H and O–H groups in total. The minimum atomic E-state index is -9.66. The van der Waals surface area contributed by atoms with Gasteiger partial charge in [-0.2, -0.15) is 0 Å². The summed E-state index contributed by atoms with van der Waals surface area (Å²) < 4.78 is 62.7. The molecule has 0 aliphatic heterocycles. The molecule has 0 amide bonds. The summed E-state index contributed by atoms with van der Waals surface area (Å²) in [5.74, 6) is 0.141. The Balaban J connectivity index is 2.14. The smallest absolute Gasteiger partial charge is 0.313 e. The van der Waals surface area contributed by atoms with Crippen molar-refractivity contribution < 1.29 is 19.4 Å². The first-order chi connectivity index (χ1) is 9.85. The average Bonchev–Trinajstić information content (AvgIpc) is 2.38. The van der Waals surface area contributed by atoms with Crippen LogP contribution in [-0.2, 0) is 5.75 Å². The number of hydrogen-bond acceptors (Lipinski definition) is 3. The van der Waals surface area contributed by atoms with Crippen LogP contribution in [0.25, 0.3) is 0 Å². The lowest BCUT2D eigenvalue weighted by Gasteiger charge is -2.40. The highest BCUT2D eigenvalue weighted by Crippen LogP contribution is 3.02. The maximum atomic E-state index is 12.5. The highest BCUT2D eigenvalue weighted by atomic mass is 32.5. The molecule has 1 aromatic heterocycles. The first-order valence-electron chi connectivity index (χ1n) is 5.63. The summed E-state index contributed by atoms with van der Waals surface area (Å²) in [7, 11) is -9.66. The second-order valence-corrected chi connectivity index (χ2v) is 7.78. The molecule has 1 aromatic carbocycles. The fourth-order valence-electron chi connectivity index (χ4n) is 1.49. The van der Waals surface area contributed by atoms with Crippen molar-refractivity contribution in [3.63, 3.8) is 0 Å². The Labute approximate surface area is 124 Å². The molecule has 0 atom stereocenters. The second kappa shape index (κ2) is 4.62. The lowest BCUT2D eigenvalue weighted by atomic mass is 10.4. The van der Waals surface area contributed by atoms with Crippen LogP contribution in [0.4, 0.5) is 19.4 Å². The van der Waals surface area contributed by atoms with Gasteiger partial charge in [-0.25, -0.2) is 0 Å². The summed E-state index contributed by atoms with van der Waals surface area (Å²) in [6.45, 7) is 0. The van der Waals surface area contributed by atoms with E-state index in [4.69, 9.17) is 0 Å². The van der Waals surface area contributed by atoms with Gasteiger partial charge < -0.3 is 9.97 Å². The number of H-pyrrole nitrogens is 2. The van der Waals surface area contributed by atoms with Crippen molar-refractivity contribution in [2.75, 3.05) is 0 Å². The van der Waals surface area contributed by atoms with Crippen molar-refractivity contribution in [2.24, 2.45) is 0 Å². The fourth-order valence-corrected chi connectivity index (χ4v) is 2.95. The first kappa shape index (κ1) is 16.6. The Morgan fingerprint density at radius 1 is 0.955 bits per heavy atom. The van der Waals surface area contributed by atoms with Gasteiger partial charge in [-0.15, -0.1) is 11.8 Å². The van der Waals surface area contributed by atoms with E-state index < -0.39 is 26.2 Å². The largest absolute Gasteiger partial charge is 0.323 e. The minimum Gasteiger partial charge on any atom is -0.323 e. The van der Waals surface area contributed by atoms with Crippen molar-refractivity contribution in [1.82, 2.24) is 9.97 Å². The van der Waals surface area contributed by atoms with Crippen LogP contribution in [-0.4, -0.2) is 9.97 Å². The highest BCUT2D eigenvalue weighted by Gasteiger charge is 2.65. The van der Waals surface area contributed by atoms with Crippen LogP contribution >= 0.6 is 22.0 Å². The predicted molar refractivity (Wildman–Crippen MR) is 75.1 cm³/mol. The Hall–Kier alpha value is -1.75. The van der Waals surface area contributed by atoms with E-state index in [1.165, 1.54) is 6.20 Å². The van der Waals surface area contributed by atoms with E-state index in [-0.39, 0.29) is 5.75 Å². The lowest BCUT2D eigenvalue weighted by molar-refractivity contribution is 0.364. The maximum Gasteiger partial charge on any atom is 0.313 e. The van der Waals surface area contributed by atoms with Crippen LogP contribution in [0.1, 0.15) is 5.69 Å². The predicted octanol–water partition coefficient (Wildman–Crippen LogP) is 4.01. The van der Waals surface area contributed by atoms with E-state index in [1.54, 1.807) is 0 Å². The summed E-state index contributed by atoms with van der Waals surface area (Å²) in [5, 5.41) is 0. The van der Waals surface area contributed by atoms with Gasteiger partial charge in [-0.05, 0) is 24.3 Å². The van der Waals surface area contributed by atoms with Crippen molar-refractivity contribution in [3.05, 3.63) is 56.9 Å². The van der Waals surface area contributed by atoms with Crippen LogP contribution in [0, 0.1) is 0 Å². The molecule has 0 aliphatic rings. The Morgan fingerprint density at radius 2 is 1.55 bits per heavy atom. The number of thioether (sulfide) groups is 1. The number of halogens is 5. The van der Waals surface area contributed by atoms with Crippen molar-refractivity contribution in [2.45, 2.75) is 15.5 Å². The lowest BCUT2D eigenvalue weighted by Crippen LogP contribution is -2.29. The SMILES string of the molecule is O=c1[nH]cc(CSc2ccc(S(F)(F)(F)(F)F)cc2)[nH]c1=O. The van der Waals surface area contributed by atoms with Crippen LogP contribution in [0.2, 0.25) is 0 Å². The zero-order valence-electron chi connectivity index (χ0n) is 10.6. The second-order valence-electron chi connectivity index (χ2n) is 4.33. The van der Waals surface area contributed by atoms with Gasteiger partial charge in [0, 0.05) is 22.5 Å². The van der Waals surface area contributed by atoms with Crippen LogP contribution in [0.3, 0.4) is 0 Å². The topological polar surface area (TPSA) is 65.7 Å². The third-order valence-electron chi connectivity index (χ3n) is 2.52. The summed E-state index contributed by atoms with van der Waals surface area (Å²) in [6, 6.07) is 2.47. The molecule has 11 heteroatoms. The molecule has 0 bridgehead atoms. The third kappa shape index (κ3) is 4.13. The number of rotatable bonds is 4. The van der Waals surface area contributed by atoms with Crippen LogP contribution in [0.5, 0.6) is 0 Å². The number of hydrogen-bond donors (Lipinski definition) is 2. The molecule has 2 aromatic rings. The molecule has 2 rings (SSSR count). The van der Waals surface area contributed by atoms with E-state index in [1.807, 2.05) is 0 Å². The summed E-state index contributed by atoms with van der Waals surface area (Å²) >= 11 is 1.01. The van der Waals surface area contributed by atoms with Crippen molar-refractivity contribution in [1.29, 1.82) is 0 Å². The van der Waals surface area contributed by atoms with E-state index in [9.17, 15) is 29.0 Å². The zero-order valence-corrected chi connectivity index (χ0v) is 12.2. The van der Waals surface area contributed by atoms with Gasteiger partial charge in [-0.3, -0.25) is 9.59 Å². The number of benzene rings is 1. The maximum absolute atomic E-state index is 12.5. The quantitative estimate of drug-likeness (QED) is 0.492. The van der Waals surface area contributed by atoms with Gasteiger partial charge >= 0.3 is 21.3 Å². The van der Waals surface area contributed by atoms with E-state index in [2.05, 4.69) is 9.97 Å². The Kier molecular flexibility index (Phi) is 3.49. The van der Waals surface area contributed by atoms with Gasteiger partial charge in [-0.1, -0.05) is 19.4 Å². The summed E-state index contributed by atoms with van der Waals surface area (Å²) in [4.78, 5) is 24.7. The van der Waals surface area contributed by atoms with Gasteiger partial charge in [0.05, 0.1) is 0 Å². The monoisotopic (exact) mass is 360 g/mol. The summed E-state index contributed by atoms with van der Waals surface area (Å²) in [5.41, 5.74) is -1.34. The molecule has 0 saturated heterocycles. The van der Waals surface area contributed by atoms with Gasteiger partial charge in [0.25, 0.3) is 0 Å². The normalized spacial score (nSPS) is 15.1. The molecule has 0 aliphatic carbocycles. The Morgan fingerprint density at radius 3 is 2.05 bits per heavy atom. The van der Waals surface area contributed by atoms with E-state index in [0.717, 1.165) is 23.9 Å². The van der Waals surface area contributed by atoms with Crippen molar-refractivity contribution >= 4 is 22.0 Å². The zero-order chi connectivity index (χ0) is 16.7. The van der Waals surface area contributed by atoms with Gasteiger partial charge in [0.1, 0.15) is 4.90 Å². The van der Waals surface area contributed by atoms with E-state index >= 15 is 0 Å². The van der Waals surface area contributed by atoms with Crippen molar-refractivity contribution in [3.8, 4) is 0 Å². The molecule has 4 nitrogen and oxygen atoms in total. The molecular formula is C11H9F5N2O2S2. The molecule has 22 heavy (non-hydrogen) atoms. The van der Waals surface area contributed by atoms with Crippen LogP contribution in [0.15, 0.2) is 49.8 Å². The van der Waals surface area contributed by atoms with Crippen LogP contribution < -0.4 is 11.1 Å². The molecule has 1 heterocycles.